The van der Waals surface area contributed by atoms with E-state index in [1.807, 2.05) is 19.0 Å². The van der Waals surface area contributed by atoms with E-state index < -0.39 is 0 Å². The molecule has 18 heavy (non-hydrogen) atoms. The lowest BCUT2D eigenvalue weighted by atomic mass is 10.2. The van der Waals surface area contributed by atoms with Crippen LogP contribution in [0, 0.1) is 6.07 Å². The fourth-order valence-electron chi connectivity index (χ4n) is 1.60. The molecular formula is C14H14N3O. The van der Waals surface area contributed by atoms with Crippen LogP contribution in [0.2, 0.25) is 0 Å². The van der Waals surface area contributed by atoms with Crippen molar-refractivity contribution in [1.29, 1.82) is 0 Å². The van der Waals surface area contributed by atoms with E-state index in [0.717, 1.165) is 5.69 Å². The van der Waals surface area contributed by atoms with Gasteiger partial charge in [0.1, 0.15) is 5.82 Å². The lowest BCUT2D eigenvalue weighted by Gasteiger charge is -2.15. The van der Waals surface area contributed by atoms with Crippen LogP contribution in [0.4, 0.5) is 11.5 Å². The number of anilines is 2. The highest BCUT2D eigenvalue weighted by Gasteiger charge is 2.13. The molecule has 4 heteroatoms. The average Bonchev–Trinajstić information content (AvgIpc) is 2.40. The fourth-order valence-corrected chi connectivity index (χ4v) is 1.60. The Hall–Kier alpha value is -2.36. The van der Waals surface area contributed by atoms with Crippen molar-refractivity contribution in [2.24, 2.45) is 0 Å². The van der Waals surface area contributed by atoms with Crippen molar-refractivity contribution in [2.45, 2.75) is 0 Å². The summed E-state index contributed by atoms with van der Waals surface area (Å²) in [6.07, 6.45) is 1.67. The third-order valence-corrected chi connectivity index (χ3v) is 2.43. The number of pyridine rings is 1. The minimum atomic E-state index is -0.169. The van der Waals surface area contributed by atoms with E-state index in [-0.39, 0.29) is 5.91 Å². The maximum absolute atomic E-state index is 12.2. The highest BCUT2D eigenvalue weighted by molar-refractivity contribution is 6.07. The molecule has 1 aromatic heterocycles. The van der Waals surface area contributed by atoms with Gasteiger partial charge < -0.3 is 10.2 Å². The van der Waals surface area contributed by atoms with Gasteiger partial charge in [0.15, 0.2) is 0 Å². The first-order valence-corrected chi connectivity index (χ1v) is 5.58. The van der Waals surface area contributed by atoms with Gasteiger partial charge in [0.25, 0.3) is 5.91 Å². The second-order valence-electron chi connectivity index (χ2n) is 4.01. The lowest BCUT2D eigenvalue weighted by Crippen LogP contribution is -2.19. The van der Waals surface area contributed by atoms with Gasteiger partial charge in [-0.15, -0.1) is 0 Å². The largest absolute Gasteiger partial charge is 0.362 e. The fraction of sp³-hybridized carbons (Fsp3) is 0.143. The Balaban J connectivity index is 2.24. The van der Waals surface area contributed by atoms with Crippen LogP contribution in [-0.4, -0.2) is 25.0 Å². The molecule has 91 valence electrons. The molecule has 0 fully saturated rings. The van der Waals surface area contributed by atoms with Crippen LogP contribution < -0.4 is 10.2 Å². The normalized spacial score (nSPS) is 9.89. The second kappa shape index (κ2) is 5.31. The summed E-state index contributed by atoms with van der Waals surface area (Å²) in [6, 6.07) is 13.5. The molecule has 2 rings (SSSR count). The van der Waals surface area contributed by atoms with Crippen LogP contribution in [0.25, 0.3) is 0 Å². The van der Waals surface area contributed by atoms with Crippen molar-refractivity contribution in [3.8, 4) is 0 Å². The zero-order valence-electron chi connectivity index (χ0n) is 10.3. The van der Waals surface area contributed by atoms with E-state index in [2.05, 4.69) is 16.4 Å². The summed E-state index contributed by atoms with van der Waals surface area (Å²) in [6.45, 7) is 0. The summed E-state index contributed by atoms with van der Waals surface area (Å²) in [5.74, 6) is 0.482. The van der Waals surface area contributed by atoms with Gasteiger partial charge >= 0.3 is 0 Å². The Kier molecular flexibility index (Phi) is 3.57. The number of hydrogen-bond donors (Lipinski definition) is 1. The summed E-state index contributed by atoms with van der Waals surface area (Å²) in [5, 5.41) is 2.83. The van der Waals surface area contributed by atoms with Gasteiger partial charge in [0.05, 0.1) is 5.56 Å². The molecule has 0 aliphatic carbocycles. The van der Waals surface area contributed by atoms with Gasteiger partial charge in [-0.25, -0.2) is 4.98 Å². The number of nitrogens with one attached hydrogen (secondary N) is 1. The maximum atomic E-state index is 12.2. The van der Waals surface area contributed by atoms with E-state index >= 15 is 0 Å². The summed E-state index contributed by atoms with van der Waals surface area (Å²) < 4.78 is 0. The zero-order valence-corrected chi connectivity index (χ0v) is 10.3. The standard InChI is InChI=1S/C14H14N3O/c1-17(2)13-12(9-6-10-15-13)14(18)16-11-7-4-3-5-8-11/h4-10H,1-2H3,(H,16,18). The minimum Gasteiger partial charge on any atom is -0.362 e. The SMILES string of the molecule is CN(C)c1ncccc1C(=O)Nc1cc[c]cc1. The molecule has 0 atom stereocenters. The van der Waals surface area contributed by atoms with Crippen molar-refractivity contribution in [3.05, 3.63) is 54.2 Å². The van der Waals surface area contributed by atoms with Crippen LogP contribution in [0.1, 0.15) is 10.4 Å². The summed E-state index contributed by atoms with van der Waals surface area (Å²) in [5.41, 5.74) is 1.29. The van der Waals surface area contributed by atoms with Crippen molar-refractivity contribution in [3.63, 3.8) is 0 Å². The molecule has 0 unspecified atom stereocenters. The first kappa shape index (κ1) is 12.1. The summed E-state index contributed by atoms with van der Waals surface area (Å²) in [4.78, 5) is 18.2. The van der Waals surface area contributed by atoms with E-state index in [4.69, 9.17) is 0 Å². The van der Waals surface area contributed by atoms with Crippen molar-refractivity contribution >= 4 is 17.4 Å². The van der Waals surface area contributed by atoms with E-state index in [0.29, 0.717) is 11.4 Å². The summed E-state index contributed by atoms with van der Waals surface area (Å²) in [7, 11) is 3.72. The molecule has 0 aliphatic rings. The number of rotatable bonds is 3. The molecule has 1 radical (unpaired) electrons. The number of benzene rings is 1. The molecule has 0 spiro atoms. The number of aromatic nitrogens is 1. The minimum absolute atomic E-state index is 0.169. The quantitative estimate of drug-likeness (QED) is 0.894. The van der Waals surface area contributed by atoms with Gasteiger partial charge in [0.2, 0.25) is 0 Å². The number of amides is 1. The van der Waals surface area contributed by atoms with Gasteiger partial charge in [-0.2, -0.15) is 0 Å². The monoisotopic (exact) mass is 240 g/mol. The maximum Gasteiger partial charge on any atom is 0.259 e. The number of nitrogens with zero attached hydrogens (tertiary/aromatic N) is 2. The average molecular weight is 240 g/mol. The van der Waals surface area contributed by atoms with Gasteiger partial charge in [0, 0.05) is 26.0 Å². The first-order chi connectivity index (χ1) is 8.68. The van der Waals surface area contributed by atoms with Crippen molar-refractivity contribution < 1.29 is 4.79 Å². The van der Waals surface area contributed by atoms with Crippen LogP contribution in [0.3, 0.4) is 0 Å². The Morgan fingerprint density at radius 1 is 1.28 bits per heavy atom. The molecular weight excluding hydrogens is 226 g/mol. The topological polar surface area (TPSA) is 45.2 Å². The molecule has 1 amide bonds. The first-order valence-electron chi connectivity index (χ1n) is 5.58. The van der Waals surface area contributed by atoms with Crippen molar-refractivity contribution in [1.82, 2.24) is 4.98 Å². The van der Waals surface area contributed by atoms with E-state index in [9.17, 15) is 4.79 Å². The third kappa shape index (κ3) is 2.66. The van der Waals surface area contributed by atoms with Crippen LogP contribution in [0.5, 0.6) is 0 Å². The Labute approximate surface area is 106 Å². The number of hydrogen-bond acceptors (Lipinski definition) is 3. The molecule has 0 saturated carbocycles. The molecule has 0 bridgehead atoms. The van der Waals surface area contributed by atoms with Gasteiger partial charge in [-0.1, -0.05) is 12.1 Å². The Morgan fingerprint density at radius 3 is 2.67 bits per heavy atom. The molecule has 0 saturated heterocycles. The zero-order chi connectivity index (χ0) is 13.0. The van der Waals surface area contributed by atoms with Gasteiger partial charge in [-0.05, 0) is 30.3 Å². The molecule has 1 heterocycles. The highest BCUT2D eigenvalue weighted by atomic mass is 16.1. The van der Waals surface area contributed by atoms with E-state index in [1.165, 1.54) is 0 Å². The predicted molar refractivity (Wildman–Crippen MR) is 71.8 cm³/mol. The predicted octanol–water partition coefficient (Wildman–Crippen LogP) is 2.20. The lowest BCUT2D eigenvalue weighted by molar-refractivity contribution is 0.102. The van der Waals surface area contributed by atoms with Crippen LogP contribution >= 0.6 is 0 Å². The Bertz CT molecular complexity index is 538. The molecule has 4 nitrogen and oxygen atoms in total. The van der Waals surface area contributed by atoms with Crippen LogP contribution in [0.15, 0.2) is 42.6 Å². The van der Waals surface area contributed by atoms with Crippen molar-refractivity contribution in [2.75, 3.05) is 24.3 Å². The number of carbonyl (C=O) groups is 1. The second-order valence-corrected chi connectivity index (χ2v) is 4.01. The third-order valence-electron chi connectivity index (χ3n) is 2.43. The summed E-state index contributed by atoms with van der Waals surface area (Å²) >= 11 is 0. The molecule has 1 N–H and O–H groups in total. The smallest absolute Gasteiger partial charge is 0.259 e. The van der Waals surface area contributed by atoms with Gasteiger partial charge in [-0.3, -0.25) is 4.79 Å². The highest BCUT2D eigenvalue weighted by Crippen LogP contribution is 2.16. The molecule has 1 aromatic carbocycles. The Morgan fingerprint density at radius 2 is 2.00 bits per heavy atom. The molecule has 2 aromatic rings. The molecule has 0 aliphatic heterocycles. The van der Waals surface area contributed by atoms with Crippen LogP contribution in [-0.2, 0) is 0 Å². The van der Waals surface area contributed by atoms with E-state index in [1.54, 1.807) is 42.6 Å². The number of carbonyl (C=O) groups excluding carboxylic acids is 1.